The van der Waals surface area contributed by atoms with Crippen LogP contribution in [0.4, 0.5) is 5.69 Å². The van der Waals surface area contributed by atoms with Crippen molar-refractivity contribution in [2.75, 3.05) is 44.7 Å². The van der Waals surface area contributed by atoms with Crippen LogP contribution in [0.25, 0.3) is 0 Å². The number of aryl methyl sites for hydroxylation is 2. The lowest BCUT2D eigenvalue weighted by Crippen LogP contribution is -2.65. The van der Waals surface area contributed by atoms with E-state index >= 15 is 0 Å². The smallest absolute Gasteiger partial charge is 0.245 e. The van der Waals surface area contributed by atoms with Crippen LogP contribution in [-0.2, 0) is 9.53 Å². The molecule has 2 unspecified atom stereocenters. The lowest BCUT2D eigenvalue weighted by molar-refractivity contribution is -0.137. The number of para-hydroxylation sites is 1. The average molecular weight is 416 g/mol. The summed E-state index contributed by atoms with van der Waals surface area (Å²) in [6.07, 6.45) is 5.67. The van der Waals surface area contributed by atoms with Crippen molar-refractivity contribution in [3.05, 3.63) is 29.3 Å². The number of hydrogen-bond acceptors (Lipinski definition) is 5. The molecular weight excluding hydrogens is 378 g/mol. The predicted molar refractivity (Wildman–Crippen MR) is 119 cm³/mol. The highest BCUT2D eigenvalue weighted by atomic mass is 16.5. The van der Waals surface area contributed by atoms with Crippen molar-refractivity contribution in [2.24, 2.45) is 0 Å². The number of nitrogens with one attached hydrogen (secondary N) is 1. The van der Waals surface area contributed by atoms with E-state index in [-0.39, 0.29) is 18.1 Å². The number of aliphatic hydroxyl groups is 1. The molecule has 2 heterocycles. The van der Waals surface area contributed by atoms with Crippen LogP contribution in [0.2, 0.25) is 0 Å². The molecule has 1 amide bonds. The maximum absolute atomic E-state index is 13.8. The number of anilines is 1. The molecule has 0 bridgehead atoms. The molecule has 1 aromatic carbocycles. The van der Waals surface area contributed by atoms with Gasteiger partial charge in [0.15, 0.2) is 0 Å². The number of aliphatic hydroxyl groups excluding tert-OH is 1. The Morgan fingerprint density at radius 1 is 1.07 bits per heavy atom. The minimum absolute atomic E-state index is 0.116. The fraction of sp³-hybridized carbons (Fsp3) is 0.708. The third kappa shape index (κ3) is 4.28. The highest BCUT2D eigenvalue weighted by Gasteiger charge is 2.48. The summed E-state index contributed by atoms with van der Waals surface area (Å²) in [4.78, 5) is 18.6. The van der Waals surface area contributed by atoms with Crippen molar-refractivity contribution in [3.8, 4) is 0 Å². The number of likely N-dealkylation sites (tertiary alicyclic amines) is 1. The van der Waals surface area contributed by atoms with E-state index in [0.717, 1.165) is 75.1 Å². The van der Waals surface area contributed by atoms with E-state index in [1.165, 1.54) is 6.42 Å². The van der Waals surface area contributed by atoms with Crippen LogP contribution in [0.3, 0.4) is 0 Å². The van der Waals surface area contributed by atoms with E-state index in [1.54, 1.807) is 0 Å². The van der Waals surface area contributed by atoms with Crippen molar-refractivity contribution in [1.29, 1.82) is 0 Å². The fourth-order valence-corrected chi connectivity index (χ4v) is 5.66. The van der Waals surface area contributed by atoms with Crippen LogP contribution in [-0.4, -0.2) is 77.9 Å². The molecule has 3 fully saturated rings. The lowest BCUT2D eigenvalue weighted by Gasteiger charge is -2.51. The molecule has 2 saturated heterocycles. The molecule has 0 radical (unpaired) electrons. The third-order valence-electron chi connectivity index (χ3n) is 7.55. The molecule has 3 aliphatic rings. The lowest BCUT2D eigenvalue weighted by atomic mass is 9.81. The zero-order valence-electron chi connectivity index (χ0n) is 18.5. The standard InChI is InChI=1S/C24H37N3O3/c1-18-6-5-7-19(2)22(18)25-23(29)24(27-14-16-30-17-15-27)10-12-26(13-11-24)20-8-3-4-9-21(20)28/h5-7,20-21,28H,3-4,8-17H2,1-2H3,(H,25,29). The molecule has 6 nitrogen and oxygen atoms in total. The van der Waals surface area contributed by atoms with Gasteiger partial charge in [0.25, 0.3) is 0 Å². The number of benzene rings is 1. The first-order chi connectivity index (χ1) is 14.5. The Bertz CT molecular complexity index is 719. The zero-order chi connectivity index (χ0) is 21.1. The molecule has 1 aliphatic carbocycles. The van der Waals surface area contributed by atoms with Gasteiger partial charge in [-0.3, -0.25) is 14.6 Å². The Hall–Kier alpha value is -1.47. The number of rotatable bonds is 4. The normalized spacial score (nSPS) is 28.2. The third-order valence-corrected chi connectivity index (χ3v) is 7.55. The van der Waals surface area contributed by atoms with Gasteiger partial charge < -0.3 is 15.2 Å². The van der Waals surface area contributed by atoms with Gasteiger partial charge in [-0.15, -0.1) is 0 Å². The molecule has 2 aliphatic heterocycles. The molecule has 0 spiro atoms. The number of carbonyl (C=O) groups excluding carboxylic acids is 1. The Labute approximate surface area is 180 Å². The second kappa shape index (κ2) is 9.35. The predicted octanol–water partition coefficient (Wildman–Crippen LogP) is 2.71. The highest BCUT2D eigenvalue weighted by molar-refractivity contribution is 5.99. The zero-order valence-corrected chi connectivity index (χ0v) is 18.5. The summed E-state index contributed by atoms with van der Waals surface area (Å²) in [5, 5.41) is 13.8. The van der Waals surface area contributed by atoms with Gasteiger partial charge in [-0.05, 0) is 50.7 Å². The molecule has 2 N–H and O–H groups in total. The van der Waals surface area contributed by atoms with Crippen LogP contribution < -0.4 is 5.32 Å². The quantitative estimate of drug-likeness (QED) is 0.792. The molecule has 4 rings (SSSR count). The van der Waals surface area contributed by atoms with Crippen molar-refractivity contribution in [1.82, 2.24) is 9.80 Å². The molecule has 30 heavy (non-hydrogen) atoms. The molecule has 6 heteroatoms. The topological polar surface area (TPSA) is 65.0 Å². The number of piperidine rings is 1. The molecule has 2 atom stereocenters. The first kappa shape index (κ1) is 21.8. The molecular formula is C24H37N3O3. The number of nitrogens with zero attached hydrogens (tertiary/aromatic N) is 2. The summed E-state index contributed by atoms with van der Waals surface area (Å²) in [5.41, 5.74) is 2.64. The molecule has 166 valence electrons. The Morgan fingerprint density at radius 2 is 1.70 bits per heavy atom. The SMILES string of the molecule is Cc1cccc(C)c1NC(=O)C1(N2CCOCC2)CCN(C2CCCCC2O)CC1. The minimum Gasteiger partial charge on any atom is -0.391 e. The Balaban J connectivity index is 1.53. The summed E-state index contributed by atoms with van der Waals surface area (Å²) >= 11 is 0. The average Bonchev–Trinajstić information content (AvgIpc) is 2.77. The van der Waals surface area contributed by atoms with Gasteiger partial charge in [0.05, 0.1) is 19.3 Å². The monoisotopic (exact) mass is 415 g/mol. The summed E-state index contributed by atoms with van der Waals surface area (Å²) < 4.78 is 5.59. The Morgan fingerprint density at radius 3 is 2.33 bits per heavy atom. The number of ether oxygens (including phenoxy) is 1. The molecule has 0 aromatic heterocycles. The highest BCUT2D eigenvalue weighted by Crippen LogP contribution is 2.35. The van der Waals surface area contributed by atoms with Crippen LogP contribution in [0, 0.1) is 13.8 Å². The minimum atomic E-state index is -0.505. The van der Waals surface area contributed by atoms with Gasteiger partial charge in [0, 0.05) is 37.9 Å². The van der Waals surface area contributed by atoms with Crippen LogP contribution in [0.1, 0.15) is 49.7 Å². The van der Waals surface area contributed by atoms with E-state index in [4.69, 9.17) is 4.74 Å². The summed E-state index contributed by atoms with van der Waals surface area (Å²) in [6, 6.07) is 6.39. The number of amides is 1. The van der Waals surface area contributed by atoms with Gasteiger partial charge in [0.1, 0.15) is 5.54 Å². The van der Waals surface area contributed by atoms with Gasteiger partial charge in [-0.25, -0.2) is 0 Å². The summed E-state index contributed by atoms with van der Waals surface area (Å²) in [6.45, 7) is 8.79. The number of hydrogen-bond donors (Lipinski definition) is 2. The largest absolute Gasteiger partial charge is 0.391 e. The van der Waals surface area contributed by atoms with Crippen molar-refractivity contribution in [2.45, 2.75) is 70.1 Å². The van der Waals surface area contributed by atoms with Crippen molar-refractivity contribution >= 4 is 11.6 Å². The van der Waals surface area contributed by atoms with Crippen molar-refractivity contribution < 1.29 is 14.6 Å². The first-order valence-electron chi connectivity index (χ1n) is 11.6. The van der Waals surface area contributed by atoms with E-state index in [0.29, 0.717) is 13.2 Å². The van der Waals surface area contributed by atoms with E-state index in [1.807, 2.05) is 6.07 Å². The summed E-state index contributed by atoms with van der Waals surface area (Å²) in [7, 11) is 0. The number of morpholine rings is 1. The molecule has 1 aromatic rings. The van der Waals surface area contributed by atoms with E-state index in [2.05, 4.69) is 41.1 Å². The fourth-order valence-electron chi connectivity index (χ4n) is 5.66. The van der Waals surface area contributed by atoms with Gasteiger partial charge in [-0.2, -0.15) is 0 Å². The van der Waals surface area contributed by atoms with E-state index in [9.17, 15) is 9.90 Å². The second-order valence-electron chi connectivity index (χ2n) is 9.31. The number of carbonyl (C=O) groups is 1. The van der Waals surface area contributed by atoms with Crippen LogP contribution in [0.15, 0.2) is 18.2 Å². The van der Waals surface area contributed by atoms with Gasteiger partial charge >= 0.3 is 0 Å². The summed E-state index contributed by atoms with van der Waals surface area (Å²) in [5.74, 6) is 0.116. The van der Waals surface area contributed by atoms with Crippen LogP contribution >= 0.6 is 0 Å². The molecule has 1 saturated carbocycles. The maximum atomic E-state index is 13.8. The maximum Gasteiger partial charge on any atom is 0.245 e. The second-order valence-corrected chi connectivity index (χ2v) is 9.31. The van der Waals surface area contributed by atoms with Gasteiger partial charge in [0.2, 0.25) is 5.91 Å². The van der Waals surface area contributed by atoms with Gasteiger partial charge in [-0.1, -0.05) is 31.0 Å². The Kier molecular flexibility index (Phi) is 6.78. The van der Waals surface area contributed by atoms with Crippen LogP contribution in [0.5, 0.6) is 0 Å². The first-order valence-corrected chi connectivity index (χ1v) is 11.6. The van der Waals surface area contributed by atoms with E-state index < -0.39 is 5.54 Å². The van der Waals surface area contributed by atoms with Crippen molar-refractivity contribution in [3.63, 3.8) is 0 Å².